The minimum absolute atomic E-state index is 0.0653. The molecule has 1 heterocycles. The van der Waals surface area contributed by atoms with Crippen LogP contribution in [-0.4, -0.2) is 16.8 Å². The van der Waals surface area contributed by atoms with Gasteiger partial charge in [0.05, 0.1) is 6.04 Å². The Morgan fingerprint density at radius 2 is 2.20 bits per heavy atom. The molecule has 82 valence electrons. The highest BCUT2D eigenvalue weighted by molar-refractivity contribution is 5.86. The van der Waals surface area contributed by atoms with Crippen LogP contribution in [0.3, 0.4) is 0 Å². The molecule has 0 spiro atoms. The van der Waals surface area contributed by atoms with Gasteiger partial charge in [-0.25, -0.2) is 0 Å². The van der Waals surface area contributed by atoms with Crippen molar-refractivity contribution in [1.82, 2.24) is 4.98 Å². The first-order chi connectivity index (χ1) is 6.91. The van der Waals surface area contributed by atoms with Gasteiger partial charge in [0.1, 0.15) is 0 Å². The summed E-state index contributed by atoms with van der Waals surface area (Å²) in [6.07, 6.45) is 3.76. The summed E-state index contributed by atoms with van der Waals surface area (Å²) in [5.74, 6) is 0.0653. The summed E-state index contributed by atoms with van der Waals surface area (Å²) in [6.45, 7) is 5.91. The first-order valence-corrected chi connectivity index (χ1v) is 5.08. The number of rotatable bonds is 3. The minimum Gasteiger partial charge on any atom is -0.321 e. The highest BCUT2D eigenvalue weighted by Gasteiger charge is 2.26. The van der Waals surface area contributed by atoms with E-state index in [4.69, 9.17) is 5.73 Å². The van der Waals surface area contributed by atoms with Gasteiger partial charge in [-0.05, 0) is 17.0 Å². The number of pyridine rings is 1. The van der Waals surface area contributed by atoms with E-state index in [0.717, 1.165) is 5.56 Å². The van der Waals surface area contributed by atoms with Gasteiger partial charge in [0.2, 0.25) is 0 Å². The zero-order chi connectivity index (χ0) is 11.5. The van der Waals surface area contributed by atoms with Gasteiger partial charge in [0.15, 0.2) is 5.78 Å². The van der Waals surface area contributed by atoms with Crippen LogP contribution < -0.4 is 5.73 Å². The summed E-state index contributed by atoms with van der Waals surface area (Å²) >= 11 is 0. The molecule has 0 aliphatic rings. The van der Waals surface area contributed by atoms with Crippen molar-refractivity contribution in [1.29, 1.82) is 0 Å². The van der Waals surface area contributed by atoms with E-state index in [1.165, 1.54) is 0 Å². The second-order valence-electron chi connectivity index (χ2n) is 4.85. The Bertz CT molecular complexity index is 327. The van der Waals surface area contributed by atoms with Gasteiger partial charge >= 0.3 is 0 Å². The standard InChI is InChI=1S/C12H18N2O/c1-12(2,3)11(13)10(15)7-9-5-4-6-14-8-9/h4-6,8,11H,7,13H2,1-3H3. The number of carbonyl (C=O) groups excluding carboxylic acids is 1. The lowest BCUT2D eigenvalue weighted by atomic mass is 9.83. The zero-order valence-corrected chi connectivity index (χ0v) is 9.53. The molecule has 1 unspecified atom stereocenters. The molecule has 1 atom stereocenters. The number of nitrogens with two attached hydrogens (primary N) is 1. The fourth-order valence-corrected chi connectivity index (χ4v) is 1.30. The number of hydrogen-bond acceptors (Lipinski definition) is 3. The third kappa shape index (κ3) is 3.44. The van der Waals surface area contributed by atoms with Crippen molar-refractivity contribution in [2.45, 2.75) is 33.2 Å². The lowest BCUT2D eigenvalue weighted by molar-refractivity contribution is -0.121. The second kappa shape index (κ2) is 4.53. The maximum absolute atomic E-state index is 11.8. The van der Waals surface area contributed by atoms with Crippen molar-refractivity contribution in [2.24, 2.45) is 11.1 Å². The highest BCUT2D eigenvalue weighted by atomic mass is 16.1. The molecule has 0 radical (unpaired) electrons. The number of hydrogen-bond donors (Lipinski definition) is 1. The van der Waals surface area contributed by atoms with Crippen LogP contribution >= 0.6 is 0 Å². The number of aromatic nitrogens is 1. The quantitative estimate of drug-likeness (QED) is 0.816. The molecule has 15 heavy (non-hydrogen) atoms. The molecule has 0 aromatic carbocycles. The maximum atomic E-state index is 11.8. The number of carbonyl (C=O) groups is 1. The molecule has 0 fully saturated rings. The molecular weight excluding hydrogens is 188 g/mol. The Morgan fingerprint density at radius 1 is 1.53 bits per heavy atom. The van der Waals surface area contributed by atoms with Crippen molar-refractivity contribution in [3.8, 4) is 0 Å². The fraction of sp³-hybridized carbons (Fsp3) is 0.500. The van der Waals surface area contributed by atoms with E-state index in [2.05, 4.69) is 4.98 Å². The summed E-state index contributed by atoms with van der Waals surface area (Å²) in [4.78, 5) is 15.8. The Kier molecular flexibility index (Phi) is 3.58. The van der Waals surface area contributed by atoms with Crippen LogP contribution in [0.15, 0.2) is 24.5 Å². The first kappa shape index (κ1) is 11.9. The van der Waals surface area contributed by atoms with Crippen LogP contribution in [0.4, 0.5) is 0 Å². The van der Waals surface area contributed by atoms with Crippen LogP contribution in [-0.2, 0) is 11.2 Å². The van der Waals surface area contributed by atoms with Gasteiger partial charge in [-0.2, -0.15) is 0 Å². The smallest absolute Gasteiger partial charge is 0.154 e. The SMILES string of the molecule is CC(C)(C)C(N)C(=O)Cc1cccnc1. The second-order valence-corrected chi connectivity index (χ2v) is 4.85. The molecule has 0 aliphatic carbocycles. The Morgan fingerprint density at radius 3 is 2.67 bits per heavy atom. The fourth-order valence-electron chi connectivity index (χ4n) is 1.30. The van der Waals surface area contributed by atoms with Gasteiger partial charge in [0, 0.05) is 18.8 Å². The number of Topliss-reactive ketones (excluding diaryl/α,β-unsaturated/α-hetero) is 1. The maximum Gasteiger partial charge on any atom is 0.154 e. The molecule has 0 bridgehead atoms. The van der Waals surface area contributed by atoms with Crippen LogP contribution in [0.5, 0.6) is 0 Å². The van der Waals surface area contributed by atoms with Gasteiger partial charge in [-0.1, -0.05) is 26.8 Å². The summed E-state index contributed by atoms with van der Waals surface area (Å²) in [5.41, 5.74) is 6.61. The van der Waals surface area contributed by atoms with E-state index in [1.807, 2.05) is 32.9 Å². The van der Waals surface area contributed by atoms with Crippen molar-refractivity contribution in [3.63, 3.8) is 0 Å². The van der Waals surface area contributed by atoms with Gasteiger partial charge in [0.25, 0.3) is 0 Å². The van der Waals surface area contributed by atoms with Crippen LogP contribution in [0.1, 0.15) is 26.3 Å². The largest absolute Gasteiger partial charge is 0.321 e. The van der Waals surface area contributed by atoms with Crippen molar-refractivity contribution >= 4 is 5.78 Å². The molecule has 2 N–H and O–H groups in total. The average Bonchev–Trinajstić information content (AvgIpc) is 2.16. The summed E-state index contributed by atoms with van der Waals surface area (Å²) in [6, 6.07) is 3.30. The van der Waals surface area contributed by atoms with E-state index in [0.29, 0.717) is 6.42 Å². The Hall–Kier alpha value is -1.22. The van der Waals surface area contributed by atoms with E-state index in [-0.39, 0.29) is 11.2 Å². The normalized spacial score (nSPS) is 13.6. The summed E-state index contributed by atoms with van der Waals surface area (Å²) < 4.78 is 0. The molecule has 3 nitrogen and oxygen atoms in total. The van der Waals surface area contributed by atoms with Gasteiger partial charge < -0.3 is 5.73 Å². The predicted molar refractivity (Wildman–Crippen MR) is 60.4 cm³/mol. The molecule has 1 rings (SSSR count). The minimum atomic E-state index is -0.419. The lowest BCUT2D eigenvalue weighted by Crippen LogP contribution is -2.43. The molecule has 0 saturated heterocycles. The van der Waals surface area contributed by atoms with E-state index < -0.39 is 6.04 Å². The van der Waals surface area contributed by atoms with Crippen molar-refractivity contribution in [2.75, 3.05) is 0 Å². The molecule has 0 amide bonds. The predicted octanol–water partition coefficient (Wildman–Crippen LogP) is 1.57. The molecular formula is C12H18N2O. The van der Waals surface area contributed by atoms with Crippen molar-refractivity contribution in [3.05, 3.63) is 30.1 Å². The zero-order valence-electron chi connectivity index (χ0n) is 9.53. The van der Waals surface area contributed by atoms with Gasteiger partial charge in [-0.15, -0.1) is 0 Å². The van der Waals surface area contributed by atoms with E-state index in [1.54, 1.807) is 12.4 Å². The molecule has 3 heteroatoms. The van der Waals surface area contributed by atoms with Crippen LogP contribution in [0.2, 0.25) is 0 Å². The van der Waals surface area contributed by atoms with Gasteiger partial charge in [-0.3, -0.25) is 9.78 Å². The van der Waals surface area contributed by atoms with Crippen LogP contribution in [0.25, 0.3) is 0 Å². The molecule has 1 aromatic rings. The van der Waals surface area contributed by atoms with Crippen LogP contribution in [0, 0.1) is 5.41 Å². The van der Waals surface area contributed by atoms with E-state index in [9.17, 15) is 4.79 Å². The first-order valence-electron chi connectivity index (χ1n) is 5.08. The third-order valence-electron chi connectivity index (χ3n) is 2.38. The average molecular weight is 206 g/mol. The monoisotopic (exact) mass is 206 g/mol. The molecule has 1 aromatic heterocycles. The molecule has 0 aliphatic heterocycles. The Balaban J connectivity index is 2.65. The summed E-state index contributed by atoms with van der Waals surface area (Å²) in [7, 11) is 0. The lowest BCUT2D eigenvalue weighted by Gasteiger charge is -2.25. The number of ketones is 1. The highest BCUT2D eigenvalue weighted by Crippen LogP contribution is 2.19. The third-order valence-corrected chi connectivity index (χ3v) is 2.38. The summed E-state index contributed by atoms with van der Waals surface area (Å²) in [5, 5.41) is 0. The molecule has 0 saturated carbocycles. The number of nitrogens with zero attached hydrogens (tertiary/aromatic N) is 1. The van der Waals surface area contributed by atoms with Crippen molar-refractivity contribution < 1.29 is 4.79 Å². The van der Waals surface area contributed by atoms with E-state index >= 15 is 0 Å². The topological polar surface area (TPSA) is 56.0 Å². The Labute approximate surface area is 90.7 Å².